The van der Waals surface area contributed by atoms with Gasteiger partial charge in [-0.3, -0.25) is 14.7 Å². The van der Waals surface area contributed by atoms with Gasteiger partial charge in [0.1, 0.15) is 0 Å². The zero-order valence-corrected chi connectivity index (χ0v) is 21.3. The van der Waals surface area contributed by atoms with E-state index in [2.05, 4.69) is 51.4 Å². The summed E-state index contributed by atoms with van der Waals surface area (Å²) < 4.78 is 0. The normalized spacial score (nSPS) is 17.7. The van der Waals surface area contributed by atoms with Crippen LogP contribution < -0.4 is 10.9 Å². The summed E-state index contributed by atoms with van der Waals surface area (Å²) >= 11 is 0. The molecular weight excluding hydrogens is 436 g/mol. The molecule has 1 aliphatic heterocycles. The number of rotatable bonds is 9. The molecule has 0 amide bonds. The van der Waals surface area contributed by atoms with E-state index in [0.717, 1.165) is 54.2 Å². The molecule has 0 saturated carbocycles. The van der Waals surface area contributed by atoms with Crippen molar-refractivity contribution < 1.29 is 5.11 Å². The van der Waals surface area contributed by atoms with E-state index >= 15 is 0 Å². The summed E-state index contributed by atoms with van der Waals surface area (Å²) in [6, 6.07) is 12.4. The molecule has 3 N–H and O–H groups in total. The highest BCUT2D eigenvalue weighted by Gasteiger charge is 2.23. The van der Waals surface area contributed by atoms with Gasteiger partial charge in [0.15, 0.2) is 0 Å². The van der Waals surface area contributed by atoms with E-state index in [1.165, 1.54) is 5.56 Å². The lowest BCUT2D eigenvalue weighted by Gasteiger charge is -2.35. The van der Waals surface area contributed by atoms with E-state index in [9.17, 15) is 9.90 Å². The maximum Gasteiger partial charge on any atom is 0.248 e. The van der Waals surface area contributed by atoms with Crippen molar-refractivity contribution in [2.45, 2.75) is 52.5 Å². The predicted octanol–water partition coefficient (Wildman–Crippen LogP) is 5.33. The minimum Gasteiger partial charge on any atom is -0.395 e. The van der Waals surface area contributed by atoms with Crippen LogP contribution in [0.3, 0.4) is 0 Å². The molecule has 3 rings (SSSR count). The molecular formula is C29H38N4O2. The van der Waals surface area contributed by atoms with Crippen LogP contribution in [-0.2, 0) is 0 Å². The number of pyridine rings is 1. The second-order valence-corrected chi connectivity index (χ2v) is 9.16. The Morgan fingerprint density at radius 1 is 1.20 bits per heavy atom. The first-order chi connectivity index (χ1) is 16.9. The summed E-state index contributed by atoms with van der Waals surface area (Å²) in [5, 5.41) is 12.9. The Kier molecular flexibility index (Phi) is 9.82. The van der Waals surface area contributed by atoms with E-state index in [1.807, 2.05) is 45.1 Å². The van der Waals surface area contributed by atoms with Gasteiger partial charge >= 0.3 is 0 Å². The summed E-state index contributed by atoms with van der Waals surface area (Å²) in [7, 11) is 0. The molecule has 0 bridgehead atoms. The van der Waals surface area contributed by atoms with Crippen LogP contribution in [0.4, 0.5) is 5.69 Å². The molecule has 1 fully saturated rings. The second kappa shape index (κ2) is 13.0. The lowest BCUT2D eigenvalue weighted by Crippen LogP contribution is -2.41. The average molecular weight is 475 g/mol. The van der Waals surface area contributed by atoms with Crippen LogP contribution in [0.15, 0.2) is 82.5 Å². The number of aromatic nitrogens is 1. The van der Waals surface area contributed by atoms with Gasteiger partial charge in [-0.2, -0.15) is 0 Å². The van der Waals surface area contributed by atoms with Crippen molar-refractivity contribution in [1.29, 1.82) is 0 Å². The number of benzene rings is 1. The molecule has 1 aliphatic rings. The lowest BCUT2D eigenvalue weighted by molar-refractivity contribution is 0.108. The predicted molar refractivity (Wildman–Crippen MR) is 147 cm³/mol. The molecule has 1 aromatic heterocycles. The summed E-state index contributed by atoms with van der Waals surface area (Å²) in [4.78, 5) is 21.2. The van der Waals surface area contributed by atoms with Crippen molar-refractivity contribution in [3.8, 4) is 0 Å². The van der Waals surface area contributed by atoms with Crippen LogP contribution in [-0.4, -0.2) is 46.4 Å². The van der Waals surface area contributed by atoms with Gasteiger partial charge in [0.2, 0.25) is 5.56 Å². The Morgan fingerprint density at radius 2 is 1.91 bits per heavy atom. The van der Waals surface area contributed by atoms with E-state index in [-0.39, 0.29) is 18.2 Å². The quantitative estimate of drug-likeness (QED) is 0.339. The minimum atomic E-state index is -0.114. The zero-order valence-electron chi connectivity index (χ0n) is 21.3. The maximum atomic E-state index is 11.7. The number of hydrogen-bond donors (Lipinski definition) is 3. The summed E-state index contributed by atoms with van der Waals surface area (Å²) in [5.41, 5.74) is 5.89. The molecule has 6 nitrogen and oxygen atoms in total. The number of nitrogens with zero attached hydrogens (tertiary/aromatic N) is 2. The van der Waals surface area contributed by atoms with Crippen LogP contribution in [0.1, 0.15) is 57.6 Å². The third kappa shape index (κ3) is 7.64. The third-order valence-corrected chi connectivity index (χ3v) is 6.62. The number of anilines is 1. The number of nitrogens with one attached hydrogen (secondary N) is 2. The van der Waals surface area contributed by atoms with Crippen LogP contribution in [0, 0.1) is 0 Å². The van der Waals surface area contributed by atoms with Gasteiger partial charge < -0.3 is 15.4 Å². The van der Waals surface area contributed by atoms with E-state index in [0.29, 0.717) is 5.92 Å². The van der Waals surface area contributed by atoms with Crippen molar-refractivity contribution in [3.63, 3.8) is 0 Å². The molecule has 1 unspecified atom stereocenters. The molecule has 0 radical (unpaired) electrons. The number of likely N-dealkylation sites (tertiary alicyclic amines) is 1. The Bertz CT molecular complexity index is 1130. The van der Waals surface area contributed by atoms with Gasteiger partial charge in [0, 0.05) is 30.2 Å². The second-order valence-electron chi connectivity index (χ2n) is 9.16. The molecule has 0 aliphatic carbocycles. The Labute approximate surface area is 208 Å². The molecule has 1 atom stereocenters. The fourth-order valence-corrected chi connectivity index (χ4v) is 4.29. The van der Waals surface area contributed by atoms with Gasteiger partial charge in [-0.1, -0.05) is 24.3 Å². The highest BCUT2D eigenvalue weighted by atomic mass is 16.3. The van der Waals surface area contributed by atoms with E-state index in [1.54, 1.807) is 18.5 Å². The highest BCUT2D eigenvalue weighted by molar-refractivity contribution is 6.01. The number of aromatic amines is 1. The zero-order chi connectivity index (χ0) is 25.2. The van der Waals surface area contributed by atoms with Gasteiger partial charge in [-0.25, -0.2) is 0 Å². The maximum absolute atomic E-state index is 11.7. The van der Waals surface area contributed by atoms with E-state index < -0.39 is 0 Å². The van der Waals surface area contributed by atoms with Crippen molar-refractivity contribution in [3.05, 3.63) is 94.2 Å². The Morgan fingerprint density at radius 3 is 2.54 bits per heavy atom. The average Bonchev–Trinajstić information content (AvgIpc) is 2.89. The van der Waals surface area contributed by atoms with Gasteiger partial charge in [0.25, 0.3) is 0 Å². The molecule has 6 heteroatoms. The summed E-state index contributed by atoms with van der Waals surface area (Å²) in [6.07, 6.45) is 11.6. The number of aliphatic imine (C=N–C) groups is 1. The SMILES string of the molecule is C\C=C/N=C(C)/C(=C\C=C(/C)c1cc[nH]c(=O)c1)Nc1ccc(C2CCN(C(C)CO)CC2)cc1. The number of H-pyrrole nitrogens is 1. The topological polar surface area (TPSA) is 80.7 Å². The van der Waals surface area contributed by atoms with E-state index in [4.69, 9.17) is 0 Å². The van der Waals surface area contributed by atoms with Crippen LogP contribution in [0.2, 0.25) is 0 Å². The first kappa shape index (κ1) is 26.4. The molecule has 0 spiro atoms. The first-order valence-corrected chi connectivity index (χ1v) is 12.4. The first-order valence-electron chi connectivity index (χ1n) is 12.4. The lowest BCUT2D eigenvalue weighted by atomic mass is 9.89. The Hall–Kier alpha value is -3.22. The molecule has 1 saturated heterocycles. The van der Waals surface area contributed by atoms with Crippen LogP contribution >= 0.6 is 0 Å². The minimum absolute atomic E-state index is 0.114. The van der Waals surface area contributed by atoms with Gasteiger partial charge in [-0.15, -0.1) is 0 Å². The smallest absolute Gasteiger partial charge is 0.248 e. The van der Waals surface area contributed by atoms with Gasteiger partial charge in [-0.05, 0) is 101 Å². The molecule has 2 heterocycles. The monoisotopic (exact) mass is 474 g/mol. The Balaban J connectivity index is 1.75. The van der Waals surface area contributed by atoms with Crippen molar-refractivity contribution >= 4 is 17.0 Å². The standard InChI is InChI=1S/C29H38N4O2/c1-5-15-30-23(4)28(11-6-21(2)26-12-16-31-29(35)19-26)32-27-9-7-24(8-10-27)25-13-17-33(18-14-25)22(3)20-34/h5-12,15-16,19,22,25,32,34H,13-14,17-18,20H2,1-4H3,(H,31,35)/b15-5-,21-6+,28-11+,30-23+. The number of aliphatic hydroxyl groups is 1. The number of piperidine rings is 1. The molecule has 186 valence electrons. The largest absolute Gasteiger partial charge is 0.395 e. The van der Waals surface area contributed by atoms with Crippen molar-refractivity contribution in [2.75, 3.05) is 25.0 Å². The third-order valence-electron chi connectivity index (χ3n) is 6.62. The number of allylic oxidation sites excluding steroid dienone is 5. The van der Waals surface area contributed by atoms with Crippen molar-refractivity contribution in [1.82, 2.24) is 9.88 Å². The fourth-order valence-electron chi connectivity index (χ4n) is 4.29. The number of hydrogen-bond acceptors (Lipinski definition) is 5. The molecule has 35 heavy (non-hydrogen) atoms. The fraction of sp³-hybridized carbons (Fsp3) is 0.379. The summed E-state index contributed by atoms with van der Waals surface area (Å²) in [6.45, 7) is 10.3. The van der Waals surface area contributed by atoms with Crippen LogP contribution in [0.5, 0.6) is 0 Å². The highest BCUT2D eigenvalue weighted by Crippen LogP contribution is 2.29. The summed E-state index contributed by atoms with van der Waals surface area (Å²) in [5.74, 6) is 0.554. The van der Waals surface area contributed by atoms with Crippen LogP contribution in [0.25, 0.3) is 5.57 Å². The molecule has 2 aromatic rings. The van der Waals surface area contributed by atoms with Gasteiger partial charge in [0.05, 0.1) is 18.0 Å². The molecule has 1 aromatic carbocycles. The van der Waals surface area contributed by atoms with Crippen molar-refractivity contribution in [2.24, 2.45) is 4.99 Å². The number of aliphatic hydroxyl groups excluding tert-OH is 1.